The van der Waals surface area contributed by atoms with Crippen LogP contribution in [0, 0.1) is 0 Å². The molecule has 5 heteroatoms. The van der Waals surface area contributed by atoms with Gasteiger partial charge in [0, 0.05) is 5.56 Å². The van der Waals surface area contributed by atoms with Gasteiger partial charge in [-0.25, -0.2) is 0 Å². The van der Waals surface area contributed by atoms with Crippen LogP contribution in [0.25, 0.3) is 0 Å². The molecule has 0 saturated heterocycles. The van der Waals surface area contributed by atoms with E-state index >= 15 is 0 Å². The van der Waals surface area contributed by atoms with Crippen LogP contribution in [-0.2, 0) is 16.2 Å². The van der Waals surface area contributed by atoms with Gasteiger partial charge in [0.15, 0.2) is 24.9 Å². The Morgan fingerprint density at radius 2 is 1.82 bits per heavy atom. The first-order valence-corrected chi connectivity index (χ1v) is 5.31. The summed E-state index contributed by atoms with van der Waals surface area (Å²) >= 11 is 0. The molecule has 0 heterocycles. The lowest BCUT2D eigenvalue weighted by atomic mass is 9.75. The summed E-state index contributed by atoms with van der Waals surface area (Å²) in [7, 11) is 1.44. The molecule has 0 atom stereocenters. The van der Waals surface area contributed by atoms with E-state index in [0.29, 0.717) is 11.3 Å². The highest BCUT2D eigenvalue weighted by molar-refractivity contribution is 6.40. The number of hydrogen-bond donors (Lipinski definition) is 1. The average Bonchev–Trinajstić information content (AvgIpc) is 2.29. The van der Waals surface area contributed by atoms with Crippen molar-refractivity contribution >= 4 is 19.4 Å². The lowest BCUT2D eigenvalue weighted by Crippen LogP contribution is -2.50. The number of hydrogen-bond acceptors (Lipinski definition) is 4. The smallest absolute Gasteiger partial charge is 0.184 e. The molecule has 0 spiro atoms. The number of para-hydroxylation sites is 1. The second kappa shape index (κ2) is 5.14. The van der Waals surface area contributed by atoms with Crippen LogP contribution in [0.1, 0.15) is 19.4 Å². The lowest BCUT2D eigenvalue weighted by Gasteiger charge is -2.26. The molecule has 0 fully saturated rings. The van der Waals surface area contributed by atoms with Crippen LogP contribution in [0.15, 0.2) is 24.3 Å². The fraction of sp³-hybridized carbons (Fsp3) is 0.333. The van der Waals surface area contributed by atoms with Gasteiger partial charge < -0.3 is 9.84 Å². The van der Waals surface area contributed by atoms with E-state index in [1.165, 1.54) is 21.7 Å². The van der Waals surface area contributed by atoms with Crippen molar-refractivity contribution in [2.45, 2.75) is 26.0 Å². The van der Waals surface area contributed by atoms with Gasteiger partial charge in [-0.1, -0.05) is 18.2 Å². The molecule has 90 valence electrons. The van der Waals surface area contributed by atoms with E-state index in [1.54, 1.807) is 24.3 Å². The minimum absolute atomic E-state index is 0.206. The monoisotopic (exact) mass is 234 g/mol. The van der Waals surface area contributed by atoms with Crippen LogP contribution >= 0.6 is 0 Å². The molecule has 1 rings (SSSR count). The number of ketones is 2. The molecule has 0 bridgehead atoms. The molecule has 1 aromatic rings. The van der Waals surface area contributed by atoms with Gasteiger partial charge in [-0.05, 0) is 19.9 Å². The first-order chi connectivity index (χ1) is 7.91. The van der Waals surface area contributed by atoms with Crippen LogP contribution in [0.2, 0.25) is 0 Å². The highest BCUT2D eigenvalue weighted by Crippen LogP contribution is 2.23. The van der Waals surface area contributed by atoms with Crippen molar-refractivity contribution < 1.29 is 19.4 Å². The van der Waals surface area contributed by atoms with E-state index in [-0.39, 0.29) is 18.2 Å². The van der Waals surface area contributed by atoms with Gasteiger partial charge in [0.2, 0.25) is 0 Å². The van der Waals surface area contributed by atoms with Crippen LogP contribution in [-0.4, -0.2) is 30.0 Å². The Labute approximate surface area is 101 Å². The van der Waals surface area contributed by atoms with Crippen molar-refractivity contribution in [1.82, 2.24) is 0 Å². The van der Waals surface area contributed by atoms with Gasteiger partial charge in [-0.2, -0.15) is 0 Å². The van der Waals surface area contributed by atoms with Crippen LogP contribution < -0.4 is 4.74 Å². The summed E-state index contributed by atoms with van der Waals surface area (Å²) in [5, 5.41) is 9.14. The Hall–Kier alpha value is -1.62. The third-order valence-corrected chi connectivity index (χ3v) is 2.80. The highest BCUT2D eigenvalue weighted by Gasteiger charge is 2.37. The molecule has 0 unspecified atom stereocenters. The van der Waals surface area contributed by atoms with Crippen LogP contribution in [0.3, 0.4) is 0 Å². The molecule has 0 aliphatic rings. The third kappa shape index (κ3) is 2.74. The van der Waals surface area contributed by atoms with Gasteiger partial charge in [0.25, 0.3) is 0 Å². The quantitative estimate of drug-likeness (QED) is 0.578. The molecular weight excluding hydrogens is 219 g/mol. The zero-order chi connectivity index (χ0) is 13.1. The van der Waals surface area contributed by atoms with Gasteiger partial charge >= 0.3 is 0 Å². The van der Waals surface area contributed by atoms with Gasteiger partial charge in [-0.3, -0.25) is 9.59 Å². The first-order valence-electron chi connectivity index (χ1n) is 5.31. The molecule has 0 aliphatic heterocycles. The summed E-state index contributed by atoms with van der Waals surface area (Å²) in [5.74, 6) is -0.376. The fourth-order valence-corrected chi connectivity index (χ4v) is 1.35. The second-order valence-corrected chi connectivity index (χ2v) is 4.01. The Kier molecular flexibility index (Phi) is 4.07. The topological polar surface area (TPSA) is 63.6 Å². The maximum atomic E-state index is 11.5. The minimum atomic E-state index is -1.49. The van der Waals surface area contributed by atoms with E-state index in [2.05, 4.69) is 0 Å². The number of rotatable bonds is 5. The van der Waals surface area contributed by atoms with Crippen molar-refractivity contribution in [3.8, 4) is 5.75 Å². The van der Waals surface area contributed by atoms with Gasteiger partial charge in [-0.15, -0.1) is 0 Å². The van der Waals surface area contributed by atoms with Gasteiger partial charge in [0.05, 0.1) is 6.61 Å². The zero-order valence-corrected chi connectivity index (χ0v) is 10.2. The fourth-order valence-electron chi connectivity index (χ4n) is 1.35. The summed E-state index contributed by atoms with van der Waals surface area (Å²) in [6, 6.07) is 6.76. The molecule has 17 heavy (non-hydrogen) atoms. The molecule has 0 saturated carbocycles. The normalized spacial score (nSPS) is 11.0. The van der Waals surface area contributed by atoms with E-state index in [4.69, 9.17) is 9.84 Å². The number of aliphatic hydroxyl groups is 1. The number of benzene rings is 1. The summed E-state index contributed by atoms with van der Waals surface area (Å²) in [4.78, 5) is 23.0. The highest BCUT2D eigenvalue weighted by atomic mass is 16.5. The van der Waals surface area contributed by atoms with E-state index in [9.17, 15) is 9.59 Å². The van der Waals surface area contributed by atoms with Crippen molar-refractivity contribution in [1.29, 1.82) is 0 Å². The van der Waals surface area contributed by atoms with Crippen molar-refractivity contribution in [2.75, 3.05) is 0 Å². The minimum Gasteiger partial charge on any atom is -0.481 e. The lowest BCUT2D eigenvalue weighted by molar-refractivity contribution is -0.137. The Morgan fingerprint density at radius 1 is 1.29 bits per heavy atom. The summed E-state index contributed by atoms with van der Waals surface area (Å²) in [6.45, 7) is 2.41. The number of Topliss-reactive ketones (excluding diaryl/α,β-unsaturated/α-hetero) is 2. The Bertz CT molecular complexity index is 428. The average molecular weight is 234 g/mol. The largest absolute Gasteiger partial charge is 0.481 e. The predicted molar refractivity (Wildman–Crippen MR) is 65.6 cm³/mol. The Morgan fingerprint density at radius 3 is 2.29 bits per heavy atom. The van der Waals surface area contributed by atoms with E-state index < -0.39 is 5.50 Å². The number of ether oxygens (including phenoxy) is 1. The summed E-state index contributed by atoms with van der Waals surface area (Å²) < 4.78 is 5.49. The van der Waals surface area contributed by atoms with Crippen molar-refractivity contribution in [3.05, 3.63) is 29.8 Å². The van der Waals surface area contributed by atoms with Gasteiger partial charge in [0.1, 0.15) is 5.75 Å². The van der Waals surface area contributed by atoms with E-state index in [1.807, 2.05) is 0 Å². The maximum Gasteiger partial charge on any atom is 0.184 e. The molecule has 0 radical (unpaired) electrons. The number of carbonyl (C=O) groups excluding carboxylic acids is 2. The Balaban J connectivity index is 3.11. The number of carbonyl (C=O) groups is 2. The van der Waals surface area contributed by atoms with E-state index in [0.717, 1.165) is 0 Å². The molecule has 1 aromatic carbocycles. The standard InChI is InChI=1S/C12H15BO4/c1-8(15)12(13,9(2)16)17-11-6-4-3-5-10(11)7-14/h3-6,14H,7,13H2,1-2H3. The first kappa shape index (κ1) is 13.4. The second-order valence-electron chi connectivity index (χ2n) is 4.01. The molecule has 0 aromatic heterocycles. The predicted octanol–water partition coefficient (Wildman–Crippen LogP) is 0.0651. The SMILES string of the molecule is BC(Oc1ccccc1CO)(C(C)=O)C(C)=O. The zero-order valence-electron chi connectivity index (χ0n) is 10.2. The molecule has 1 N–H and O–H groups in total. The molecule has 0 amide bonds. The van der Waals surface area contributed by atoms with Crippen molar-refractivity contribution in [3.63, 3.8) is 0 Å². The maximum absolute atomic E-state index is 11.5. The number of aliphatic hydroxyl groups excluding tert-OH is 1. The molecule has 4 nitrogen and oxygen atoms in total. The van der Waals surface area contributed by atoms with Crippen LogP contribution in [0.5, 0.6) is 5.75 Å². The van der Waals surface area contributed by atoms with Crippen LogP contribution in [0.4, 0.5) is 0 Å². The third-order valence-electron chi connectivity index (χ3n) is 2.80. The summed E-state index contributed by atoms with van der Waals surface area (Å²) in [6.07, 6.45) is 0. The summed E-state index contributed by atoms with van der Waals surface area (Å²) in [5.41, 5.74) is -0.952. The van der Waals surface area contributed by atoms with Crippen molar-refractivity contribution in [2.24, 2.45) is 0 Å². The molecule has 0 aliphatic carbocycles. The molecular formula is C12H15BO4.